The molecule has 1 N–H and O–H groups in total. The van der Waals surface area contributed by atoms with Gasteiger partial charge >= 0.3 is 0 Å². The van der Waals surface area contributed by atoms with Crippen molar-refractivity contribution in [3.8, 4) is 17.6 Å². The van der Waals surface area contributed by atoms with Gasteiger partial charge in [0.1, 0.15) is 16.7 Å². The first-order valence-corrected chi connectivity index (χ1v) is 12.1. The summed E-state index contributed by atoms with van der Waals surface area (Å²) in [7, 11) is -2.25. The van der Waals surface area contributed by atoms with Gasteiger partial charge in [0, 0.05) is 56.0 Å². The van der Waals surface area contributed by atoms with E-state index < -0.39 is 22.2 Å². The maximum atomic E-state index is 13.5. The fourth-order valence-corrected chi connectivity index (χ4v) is 5.33. The van der Waals surface area contributed by atoms with E-state index >= 15 is 0 Å². The molecule has 0 saturated heterocycles. The number of pyridine rings is 1. The number of carbonyl (C=O) groups excluding carboxylic acids is 1. The van der Waals surface area contributed by atoms with Gasteiger partial charge in [-0.2, -0.15) is 4.31 Å². The molecule has 1 aliphatic heterocycles. The van der Waals surface area contributed by atoms with Crippen LogP contribution in [0.5, 0.6) is 5.75 Å². The van der Waals surface area contributed by atoms with E-state index in [1.54, 1.807) is 55.5 Å². The Hall–Kier alpha value is -2.93. The Morgan fingerprint density at radius 2 is 1.94 bits per heavy atom. The number of sulfonamides is 1. The molecule has 0 fully saturated rings. The summed E-state index contributed by atoms with van der Waals surface area (Å²) < 4.78 is 34.5. The molecule has 1 amide bonds. The van der Waals surface area contributed by atoms with E-state index in [-0.39, 0.29) is 35.6 Å². The van der Waals surface area contributed by atoms with Crippen LogP contribution < -0.4 is 4.74 Å². The van der Waals surface area contributed by atoms with Crippen molar-refractivity contribution >= 4 is 15.9 Å². The van der Waals surface area contributed by atoms with Crippen molar-refractivity contribution in [1.82, 2.24) is 14.2 Å². The number of fused-ring (bicyclic) bond motifs is 1. The topological polar surface area (TPSA) is 100 Å². The first kappa shape index (κ1) is 24.7. The molecule has 1 aromatic heterocycles. The number of ether oxygens (including phenoxy) is 1. The molecule has 1 aliphatic rings. The molecular formula is C24H29N3O5S. The molecule has 0 unspecified atom stereocenters. The van der Waals surface area contributed by atoms with Gasteiger partial charge in [0.05, 0.1) is 13.2 Å². The van der Waals surface area contributed by atoms with E-state index in [4.69, 9.17) is 4.74 Å². The average molecular weight is 472 g/mol. The molecule has 8 nitrogen and oxygen atoms in total. The van der Waals surface area contributed by atoms with Gasteiger partial charge < -0.3 is 14.7 Å². The number of aliphatic hydroxyl groups excluding tert-OH is 1. The van der Waals surface area contributed by atoms with E-state index in [9.17, 15) is 18.3 Å². The smallest absolute Gasteiger partial charge is 0.247 e. The van der Waals surface area contributed by atoms with E-state index in [1.165, 1.54) is 17.3 Å². The van der Waals surface area contributed by atoms with Crippen LogP contribution >= 0.6 is 0 Å². The van der Waals surface area contributed by atoms with Crippen LogP contribution in [0.1, 0.15) is 31.9 Å². The lowest BCUT2D eigenvalue weighted by Gasteiger charge is -2.37. The van der Waals surface area contributed by atoms with Crippen molar-refractivity contribution in [3.63, 3.8) is 0 Å². The van der Waals surface area contributed by atoms with Gasteiger partial charge in [-0.15, -0.1) is 0 Å². The normalized spacial score (nSPS) is 20.8. The fourth-order valence-electron chi connectivity index (χ4n) is 3.50. The van der Waals surface area contributed by atoms with Crippen LogP contribution in [0.2, 0.25) is 0 Å². The zero-order valence-corrected chi connectivity index (χ0v) is 20.0. The molecule has 1 aromatic carbocycles. The number of rotatable bonds is 4. The third kappa shape index (κ3) is 5.71. The Morgan fingerprint density at radius 1 is 1.27 bits per heavy atom. The largest absolute Gasteiger partial charge is 0.487 e. The van der Waals surface area contributed by atoms with E-state index in [2.05, 4.69) is 16.8 Å². The van der Waals surface area contributed by atoms with Crippen LogP contribution in [0.15, 0.2) is 47.6 Å². The predicted octanol–water partition coefficient (Wildman–Crippen LogP) is 1.73. The van der Waals surface area contributed by atoms with Crippen LogP contribution in [0.3, 0.4) is 0 Å². The second-order valence-electron chi connectivity index (χ2n) is 8.29. The Balaban J connectivity index is 2.08. The van der Waals surface area contributed by atoms with Gasteiger partial charge in [0.25, 0.3) is 0 Å². The van der Waals surface area contributed by atoms with Crippen molar-refractivity contribution in [1.29, 1.82) is 0 Å². The molecule has 2 aromatic rings. The van der Waals surface area contributed by atoms with Crippen LogP contribution in [-0.2, 0) is 14.8 Å². The Morgan fingerprint density at radius 3 is 2.58 bits per heavy atom. The maximum Gasteiger partial charge on any atom is 0.247 e. The standard InChI is InChI=1S/C24H29N3O5S/c1-17-14-27(18(2)16-28)33(30,31)24-8-7-21(6-5-20-9-11-25-12-10-20)13-22(24)32-23(17)15-26(4)19(3)29/h7-13,17-18,23,28H,14-16H2,1-4H3/t17-,18+,23+/m0/s1. The Bertz CT molecular complexity index is 1160. The summed E-state index contributed by atoms with van der Waals surface area (Å²) in [6.07, 6.45) is 2.84. The number of hydrogen-bond donors (Lipinski definition) is 1. The summed E-state index contributed by atoms with van der Waals surface area (Å²) in [4.78, 5) is 17.4. The number of hydrogen-bond acceptors (Lipinski definition) is 6. The lowest BCUT2D eigenvalue weighted by molar-refractivity contribution is -0.129. The highest BCUT2D eigenvalue weighted by Gasteiger charge is 2.38. The third-order valence-electron chi connectivity index (χ3n) is 5.69. The van der Waals surface area contributed by atoms with E-state index in [0.717, 1.165) is 5.56 Å². The van der Waals surface area contributed by atoms with Crippen LogP contribution in [0, 0.1) is 17.8 Å². The molecule has 0 radical (unpaired) electrons. The minimum atomic E-state index is -3.93. The summed E-state index contributed by atoms with van der Waals surface area (Å²) in [5.74, 6) is 5.89. The number of amides is 1. The highest BCUT2D eigenvalue weighted by Crippen LogP contribution is 2.34. The average Bonchev–Trinajstić information content (AvgIpc) is 2.79. The summed E-state index contributed by atoms with van der Waals surface area (Å²) in [6.45, 7) is 5.16. The Labute approximate surface area is 195 Å². The van der Waals surface area contributed by atoms with Crippen molar-refractivity contribution in [2.75, 3.05) is 26.7 Å². The van der Waals surface area contributed by atoms with Crippen molar-refractivity contribution in [2.45, 2.75) is 37.8 Å². The summed E-state index contributed by atoms with van der Waals surface area (Å²) in [5.41, 5.74) is 1.37. The quantitative estimate of drug-likeness (QED) is 0.682. The number of carbonyl (C=O) groups is 1. The van der Waals surface area contributed by atoms with Gasteiger partial charge in [-0.3, -0.25) is 9.78 Å². The number of aromatic nitrogens is 1. The van der Waals surface area contributed by atoms with Crippen molar-refractivity contribution in [2.24, 2.45) is 5.92 Å². The molecule has 3 atom stereocenters. The van der Waals surface area contributed by atoms with Crippen LogP contribution in [-0.4, -0.2) is 72.5 Å². The van der Waals surface area contributed by atoms with Gasteiger partial charge in [-0.25, -0.2) is 8.42 Å². The second-order valence-corrected chi connectivity index (χ2v) is 10.1. The molecule has 0 aliphatic carbocycles. The SMILES string of the molecule is CC(=O)N(C)C[C@H]1Oc2cc(C#Cc3ccncc3)ccc2S(=O)(=O)N([C@H](C)CO)C[C@@H]1C. The van der Waals surface area contributed by atoms with Gasteiger partial charge in [0.2, 0.25) is 15.9 Å². The van der Waals surface area contributed by atoms with Gasteiger partial charge in [0.15, 0.2) is 0 Å². The minimum absolute atomic E-state index is 0.0136. The monoisotopic (exact) mass is 471 g/mol. The summed E-state index contributed by atoms with van der Waals surface area (Å²) >= 11 is 0. The summed E-state index contributed by atoms with van der Waals surface area (Å²) in [6, 6.07) is 7.69. The number of aliphatic hydroxyl groups is 1. The lowest BCUT2D eigenvalue weighted by atomic mass is 10.0. The lowest BCUT2D eigenvalue weighted by Crippen LogP contribution is -2.50. The molecular weight excluding hydrogens is 442 g/mol. The van der Waals surface area contributed by atoms with Gasteiger partial charge in [-0.05, 0) is 37.3 Å². The molecule has 176 valence electrons. The maximum absolute atomic E-state index is 13.5. The molecule has 0 saturated carbocycles. The second kappa shape index (κ2) is 10.3. The molecule has 3 rings (SSSR count). The molecule has 0 spiro atoms. The van der Waals surface area contributed by atoms with Crippen LogP contribution in [0.4, 0.5) is 0 Å². The highest BCUT2D eigenvalue weighted by molar-refractivity contribution is 7.89. The number of benzene rings is 1. The molecule has 0 bridgehead atoms. The number of nitrogens with zero attached hydrogens (tertiary/aromatic N) is 3. The molecule has 2 heterocycles. The zero-order chi connectivity index (χ0) is 24.2. The minimum Gasteiger partial charge on any atom is -0.487 e. The highest BCUT2D eigenvalue weighted by atomic mass is 32.2. The molecule has 33 heavy (non-hydrogen) atoms. The van der Waals surface area contributed by atoms with Crippen molar-refractivity contribution in [3.05, 3.63) is 53.9 Å². The Kier molecular flexibility index (Phi) is 7.74. The zero-order valence-electron chi connectivity index (χ0n) is 19.2. The number of likely N-dealkylation sites (N-methyl/N-ethyl adjacent to an activating group) is 1. The fraction of sp³-hybridized carbons (Fsp3) is 0.417. The first-order valence-electron chi connectivity index (χ1n) is 10.7. The van der Waals surface area contributed by atoms with E-state index in [0.29, 0.717) is 12.1 Å². The first-order chi connectivity index (χ1) is 15.6. The predicted molar refractivity (Wildman–Crippen MR) is 124 cm³/mol. The third-order valence-corrected chi connectivity index (χ3v) is 7.71. The van der Waals surface area contributed by atoms with Crippen molar-refractivity contribution < 1.29 is 23.1 Å². The van der Waals surface area contributed by atoms with Gasteiger partial charge in [-0.1, -0.05) is 18.8 Å². The molecule has 9 heteroatoms. The van der Waals surface area contributed by atoms with Crippen LogP contribution in [0.25, 0.3) is 0 Å². The summed E-state index contributed by atoms with van der Waals surface area (Å²) in [5, 5.41) is 9.71. The van der Waals surface area contributed by atoms with E-state index in [1.807, 2.05) is 6.92 Å².